The highest BCUT2D eigenvalue weighted by atomic mass is 32.1. The number of nitrogens with one attached hydrogen (secondary N) is 1. The molecule has 1 amide bonds. The van der Waals surface area contributed by atoms with Gasteiger partial charge in [-0.3, -0.25) is 4.79 Å². The highest BCUT2D eigenvalue weighted by Crippen LogP contribution is 2.33. The Kier molecular flexibility index (Phi) is 7.45. The summed E-state index contributed by atoms with van der Waals surface area (Å²) in [6.07, 6.45) is 2.41. The summed E-state index contributed by atoms with van der Waals surface area (Å²) < 4.78 is 10.6. The van der Waals surface area contributed by atoms with E-state index in [1.54, 1.807) is 14.2 Å². The molecule has 1 aromatic carbocycles. The summed E-state index contributed by atoms with van der Waals surface area (Å²) in [4.78, 5) is 16.8. The lowest BCUT2D eigenvalue weighted by atomic mass is 10.0. The first kappa shape index (κ1) is 20.2. The molecule has 5 nitrogen and oxygen atoms in total. The molecule has 1 N–H and O–H groups in total. The summed E-state index contributed by atoms with van der Waals surface area (Å²) in [7, 11) is 3.22. The minimum Gasteiger partial charge on any atom is -0.493 e. The van der Waals surface area contributed by atoms with E-state index in [1.807, 2.05) is 23.6 Å². The van der Waals surface area contributed by atoms with E-state index in [-0.39, 0.29) is 11.9 Å². The molecule has 2 rings (SSSR count). The lowest BCUT2D eigenvalue weighted by Gasteiger charge is -2.14. The number of nitrogens with zero attached hydrogens (tertiary/aromatic N) is 1. The number of ether oxygens (including phenoxy) is 2. The van der Waals surface area contributed by atoms with Crippen LogP contribution in [0.3, 0.4) is 0 Å². The van der Waals surface area contributed by atoms with Crippen molar-refractivity contribution in [1.29, 1.82) is 0 Å². The number of benzene rings is 1. The molecule has 0 spiro atoms. The van der Waals surface area contributed by atoms with Gasteiger partial charge < -0.3 is 14.8 Å². The van der Waals surface area contributed by atoms with Gasteiger partial charge in [0.05, 0.1) is 26.3 Å². The van der Waals surface area contributed by atoms with Crippen LogP contribution in [-0.2, 0) is 11.2 Å². The van der Waals surface area contributed by atoms with E-state index in [9.17, 15) is 4.79 Å². The van der Waals surface area contributed by atoms with Crippen LogP contribution in [0.15, 0.2) is 23.6 Å². The van der Waals surface area contributed by atoms with Crippen LogP contribution in [0.4, 0.5) is 0 Å². The molecule has 0 saturated carbocycles. The maximum absolute atomic E-state index is 12.2. The van der Waals surface area contributed by atoms with Crippen molar-refractivity contribution in [3.63, 3.8) is 0 Å². The Morgan fingerprint density at radius 3 is 2.54 bits per heavy atom. The van der Waals surface area contributed by atoms with Crippen molar-refractivity contribution in [2.45, 2.75) is 46.1 Å². The van der Waals surface area contributed by atoms with Crippen LogP contribution < -0.4 is 14.8 Å². The third-order valence-corrected chi connectivity index (χ3v) is 5.05. The minimum atomic E-state index is 0.0189. The second-order valence-corrected chi connectivity index (χ2v) is 7.69. The predicted molar refractivity (Wildman–Crippen MR) is 106 cm³/mol. The fourth-order valence-electron chi connectivity index (χ4n) is 2.64. The third-order valence-electron chi connectivity index (χ3n) is 4.11. The number of hydrogen-bond acceptors (Lipinski definition) is 5. The summed E-state index contributed by atoms with van der Waals surface area (Å²) in [5, 5.41) is 5.85. The summed E-state index contributed by atoms with van der Waals surface area (Å²) in [5.41, 5.74) is 1.73. The second-order valence-electron chi connectivity index (χ2n) is 6.83. The van der Waals surface area contributed by atoms with Crippen molar-refractivity contribution in [3.05, 3.63) is 29.3 Å². The number of amides is 1. The number of aromatic nitrogens is 1. The van der Waals surface area contributed by atoms with Gasteiger partial charge >= 0.3 is 0 Å². The molecule has 0 fully saturated rings. The maximum atomic E-state index is 12.2. The Balaban J connectivity index is 1.98. The third kappa shape index (κ3) is 5.73. The van der Waals surface area contributed by atoms with Gasteiger partial charge in [0.2, 0.25) is 5.91 Å². The van der Waals surface area contributed by atoms with Crippen molar-refractivity contribution < 1.29 is 14.3 Å². The SMILES string of the molecule is COc1ccc(-c2nc(CC(=O)NC(C)CCC(C)C)cs2)cc1OC. The number of rotatable bonds is 9. The van der Waals surface area contributed by atoms with Crippen molar-refractivity contribution in [2.24, 2.45) is 5.92 Å². The van der Waals surface area contributed by atoms with Gasteiger partial charge in [-0.15, -0.1) is 11.3 Å². The Bertz CT molecular complexity index is 728. The van der Waals surface area contributed by atoms with Crippen LogP contribution >= 0.6 is 11.3 Å². The van der Waals surface area contributed by atoms with Gasteiger partial charge in [0.25, 0.3) is 0 Å². The quantitative estimate of drug-likeness (QED) is 0.708. The molecule has 0 aliphatic heterocycles. The van der Waals surface area contributed by atoms with Gasteiger partial charge in [-0.1, -0.05) is 13.8 Å². The topological polar surface area (TPSA) is 60.5 Å². The normalized spacial score (nSPS) is 12.1. The molecule has 2 aromatic rings. The Morgan fingerprint density at radius 2 is 1.88 bits per heavy atom. The molecule has 0 aliphatic carbocycles. The van der Waals surface area contributed by atoms with Crippen molar-refractivity contribution in [3.8, 4) is 22.1 Å². The molecular weight excluding hydrogens is 348 g/mol. The molecule has 1 atom stereocenters. The molecule has 0 radical (unpaired) electrons. The van der Waals surface area contributed by atoms with Gasteiger partial charge in [0.1, 0.15) is 5.01 Å². The molecular formula is C20H28N2O3S. The van der Waals surface area contributed by atoms with Gasteiger partial charge in [-0.05, 0) is 43.9 Å². The van der Waals surface area contributed by atoms with Crippen molar-refractivity contribution >= 4 is 17.2 Å². The fourth-order valence-corrected chi connectivity index (χ4v) is 3.45. The number of methoxy groups -OCH3 is 2. The first-order valence-corrected chi connectivity index (χ1v) is 9.77. The van der Waals surface area contributed by atoms with E-state index in [2.05, 4.69) is 31.1 Å². The molecule has 0 bridgehead atoms. The average Bonchev–Trinajstić information content (AvgIpc) is 3.07. The molecule has 1 heterocycles. The van der Waals surface area contributed by atoms with Crippen molar-refractivity contribution in [2.75, 3.05) is 14.2 Å². The zero-order valence-electron chi connectivity index (χ0n) is 16.2. The van der Waals surface area contributed by atoms with Crippen LogP contribution in [0.5, 0.6) is 11.5 Å². The average molecular weight is 377 g/mol. The molecule has 26 heavy (non-hydrogen) atoms. The highest BCUT2D eigenvalue weighted by molar-refractivity contribution is 7.13. The van der Waals surface area contributed by atoms with Crippen LogP contribution in [0, 0.1) is 5.92 Å². The van der Waals surface area contributed by atoms with Crippen LogP contribution in [0.25, 0.3) is 10.6 Å². The first-order chi connectivity index (χ1) is 12.4. The van der Waals surface area contributed by atoms with Crippen molar-refractivity contribution in [1.82, 2.24) is 10.3 Å². The number of carbonyl (C=O) groups is 1. The maximum Gasteiger partial charge on any atom is 0.226 e. The molecule has 0 aliphatic rings. The van der Waals surface area contributed by atoms with E-state index in [4.69, 9.17) is 9.47 Å². The van der Waals surface area contributed by atoms with E-state index in [0.717, 1.165) is 29.1 Å². The molecule has 6 heteroatoms. The molecule has 142 valence electrons. The monoisotopic (exact) mass is 376 g/mol. The smallest absolute Gasteiger partial charge is 0.226 e. The number of thiazole rings is 1. The predicted octanol–water partition coefficient (Wildman–Crippen LogP) is 4.31. The lowest BCUT2D eigenvalue weighted by Crippen LogP contribution is -2.33. The van der Waals surface area contributed by atoms with Crippen LogP contribution in [-0.4, -0.2) is 31.2 Å². The minimum absolute atomic E-state index is 0.0189. The van der Waals surface area contributed by atoms with E-state index in [1.165, 1.54) is 11.3 Å². The standard InChI is InChI=1S/C20H28N2O3S/c1-13(2)6-7-14(3)21-19(23)11-16-12-26-20(22-16)15-8-9-17(24-4)18(10-15)25-5/h8-10,12-14H,6-7,11H2,1-5H3,(H,21,23). The number of carbonyl (C=O) groups excluding carboxylic acids is 1. The lowest BCUT2D eigenvalue weighted by molar-refractivity contribution is -0.121. The Labute approximate surface area is 159 Å². The summed E-state index contributed by atoms with van der Waals surface area (Å²) in [5.74, 6) is 2.02. The zero-order chi connectivity index (χ0) is 19.1. The summed E-state index contributed by atoms with van der Waals surface area (Å²) in [6, 6.07) is 5.89. The Hall–Kier alpha value is -2.08. The Morgan fingerprint density at radius 1 is 1.15 bits per heavy atom. The highest BCUT2D eigenvalue weighted by Gasteiger charge is 2.13. The van der Waals surface area contributed by atoms with Gasteiger partial charge in [0, 0.05) is 17.0 Å². The second kappa shape index (κ2) is 9.57. The molecule has 0 saturated heterocycles. The molecule has 1 unspecified atom stereocenters. The zero-order valence-corrected chi connectivity index (χ0v) is 17.0. The van der Waals surface area contributed by atoms with Crippen LogP contribution in [0.2, 0.25) is 0 Å². The number of hydrogen-bond donors (Lipinski definition) is 1. The van der Waals surface area contributed by atoms with E-state index < -0.39 is 0 Å². The first-order valence-electron chi connectivity index (χ1n) is 8.89. The van der Waals surface area contributed by atoms with E-state index >= 15 is 0 Å². The van der Waals surface area contributed by atoms with Gasteiger partial charge in [-0.2, -0.15) is 0 Å². The fraction of sp³-hybridized carbons (Fsp3) is 0.500. The van der Waals surface area contributed by atoms with Gasteiger partial charge in [-0.25, -0.2) is 4.98 Å². The van der Waals surface area contributed by atoms with E-state index in [0.29, 0.717) is 23.8 Å². The molecule has 1 aromatic heterocycles. The summed E-state index contributed by atoms with van der Waals surface area (Å²) >= 11 is 1.52. The van der Waals surface area contributed by atoms with Gasteiger partial charge in [0.15, 0.2) is 11.5 Å². The van der Waals surface area contributed by atoms with Crippen LogP contribution in [0.1, 0.15) is 39.3 Å². The largest absolute Gasteiger partial charge is 0.493 e. The summed E-state index contributed by atoms with van der Waals surface area (Å²) in [6.45, 7) is 6.44.